The molecule has 1 atom stereocenters. The van der Waals surface area contributed by atoms with Gasteiger partial charge in [0.25, 0.3) is 0 Å². The van der Waals surface area contributed by atoms with Gasteiger partial charge in [0.1, 0.15) is 5.76 Å². The molecule has 7 heteroatoms. The first-order valence-corrected chi connectivity index (χ1v) is 8.89. The van der Waals surface area contributed by atoms with Crippen molar-refractivity contribution in [3.8, 4) is 23.0 Å². The molecular formula is C19H22N2O5. The van der Waals surface area contributed by atoms with Crippen LogP contribution in [0.2, 0.25) is 0 Å². The van der Waals surface area contributed by atoms with Crippen LogP contribution in [0.15, 0.2) is 22.6 Å². The second-order valence-electron chi connectivity index (χ2n) is 6.80. The molecule has 0 bridgehead atoms. The molecule has 0 radical (unpaired) electrons. The Morgan fingerprint density at radius 3 is 3.04 bits per heavy atom. The first-order chi connectivity index (χ1) is 12.6. The minimum Gasteiger partial charge on any atom is -0.454 e. The molecule has 2 aliphatic rings. The molecule has 1 aromatic carbocycles. The zero-order valence-electron chi connectivity index (χ0n) is 14.7. The van der Waals surface area contributed by atoms with Crippen molar-refractivity contribution in [2.45, 2.75) is 26.2 Å². The molecule has 3 heterocycles. The Morgan fingerprint density at radius 2 is 2.19 bits per heavy atom. The summed E-state index contributed by atoms with van der Waals surface area (Å²) in [6.45, 7) is 3.51. The van der Waals surface area contributed by atoms with Crippen LogP contribution < -0.4 is 9.47 Å². The maximum absolute atomic E-state index is 12.6. The molecule has 4 rings (SSSR count). The molecule has 1 N–H and O–H groups in total. The highest BCUT2D eigenvalue weighted by Gasteiger charge is 2.25. The van der Waals surface area contributed by atoms with Crippen LogP contribution in [0.4, 0.5) is 0 Å². The Bertz CT molecular complexity index is 816. The zero-order valence-corrected chi connectivity index (χ0v) is 14.7. The summed E-state index contributed by atoms with van der Waals surface area (Å²) in [6, 6.07) is 5.52. The van der Waals surface area contributed by atoms with E-state index in [9.17, 15) is 9.90 Å². The number of benzene rings is 1. The summed E-state index contributed by atoms with van der Waals surface area (Å²) in [5.41, 5.74) is 1.43. The number of likely N-dealkylation sites (tertiary alicyclic amines) is 1. The van der Waals surface area contributed by atoms with E-state index in [1.54, 1.807) is 0 Å². The number of fused-ring (bicyclic) bond motifs is 1. The average Bonchev–Trinajstić information content (AvgIpc) is 3.28. The molecule has 0 saturated carbocycles. The van der Waals surface area contributed by atoms with Gasteiger partial charge in [0.2, 0.25) is 18.6 Å². The predicted molar refractivity (Wildman–Crippen MR) is 92.9 cm³/mol. The number of oxazole rings is 1. The smallest absolute Gasteiger partial charge is 0.231 e. The van der Waals surface area contributed by atoms with Gasteiger partial charge in [0.05, 0.1) is 12.1 Å². The summed E-state index contributed by atoms with van der Waals surface area (Å²) in [5, 5.41) is 9.34. The first kappa shape index (κ1) is 16.9. The number of aryl methyl sites for hydroxylation is 1. The van der Waals surface area contributed by atoms with E-state index >= 15 is 0 Å². The fourth-order valence-electron chi connectivity index (χ4n) is 3.44. The lowest BCUT2D eigenvalue weighted by Crippen LogP contribution is -2.41. The molecule has 26 heavy (non-hydrogen) atoms. The van der Waals surface area contributed by atoms with Crippen molar-refractivity contribution < 1.29 is 23.8 Å². The Morgan fingerprint density at radius 1 is 1.35 bits per heavy atom. The second-order valence-corrected chi connectivity index (χ2v) is 6.80. The molecular weight excluding hydrogens is 336 g/mol. The van der Waals surface area contributed by atoms with Gasteiger partial charge < -0.3 is 23.9 Å². The highest BCUT2D eigenvalue weighted by atomic mass is 16.7. The van der Waals surface area contributed by atoms with Gasteiger partial charge in [-0.05, 0) is 43.9 Å². The summed E-state index contributed by atoms with van der Waals surface area (Å²) in [6.07, 6.45) is 2.10. The van der Waals surface area contributed by atoms with Gasteiger partial charge in [-0.15, -0.1) is 0 Å². The number of carbonyl (C=O) groups excluding carboxylic acids is 1. The van der Waals surface area contributed by atoms with Crippen molar-refractivity contribution in [1.82, 2.24) is 9.88 Å². The number of piperidine rings is 1. The Kier molecular flexibility index (Phi) is 4.55. The van der Waals surface area contributed by atoms with Crippen LogP contribution in [-0.2, 0) is 11.2 Å². The summed E-state index contributed by atoms with van der Waals surface area (Å²) in [5.74, 6) is 2.68. The number of hydrogen-bond acceptors (Lipinski definition) is 6. The highest BCUT2D eigenvalue weighted by Crippen LogP contribution is 2.36. The van der Waals surface area contributed by atoms with Gasteiger partial charge >= 0.3 is 0 Å². The Hall–Kier alpha value is -2.54. The lowest BCUT2D eigenvalue weighted by atomic mass is 9.98. The molecule has 1 saturated heterocycles. The summed E-state index contributed by atoms with van der Waals surface area (Å²) in [4.78, 5) is 18.9. The van der Waals surface area contributed by atoms with E-state index in [1.807, 2.05) is 30.0 Å². The van der Waals surface area contributed by atoms with Gasteiger partial charge in [-0.25, -0.2) is 4.98 Å². The number of rotatable bonds is 4. The van der Waals surface area contributed by atoms with Crippen molar-refractivity contribution in [2.24, 2.45) is 5.92 Å². The molecule has 1 fully saturated rings. The maximum atomic E-state index is 12.6. The van der Waals surface area contributed by atoms with Gasteiger partial charge in [-0.3, -0.25) is 4.79 Å². The SMILES string of the molecule is Cc1oc(-c2ccc3c(c2)OCO3)nc1CC(=O)N1CCCC(CO)C1. The van der Waals surface area contributed by atoms with Gasteiger partial charge in [0, 0.05) is 25.3 Å². The summed E-state index contributed by atoms with van der Waals surface area (Å²) < 4.78 is 16.5. The van der Waals surface area contributed by atoms with E-state index in [0.717, 1.165) is 24.9 Å². The maximum Gasteiger partial charge on any atom is 0.231 e. The van der Waals surface area contributed by atoms with Crippen LogP contribution in [-0.4, -0.2) is 47.4 Å². The minimum absolute atomic E-state index is 0.0248. The van der Waals surface area contributed by atoms with E-state index < -0.39 is 0 Å². The number of carbonyl (C=O) groups is 1. The molecule has 2 aromatic rings. The molecule has 1 unspecified atom stereocenters. The van der Waals surface area contributed by atoms with E-state index in [4.69, 9.17) is 13.9 Å². The Balaban J connectivity index is 1.49. The van der Waals surface area contributed by atoms with Crippen LogP contribution in [0.5, 0.6) is 11.5 Å². The first-order valence-electron chi connectivity index (χ1n) is 8.89. The summed E-state index contributed by atoms with van der Waals surface area (Å²) >= 11 is 0. The largest absolute Gasteiger partial charge is 0.454 e. The molecule has 2 aliphatic heterocycles. The fourth-order valence-corrected chi connectivity index (χ4v) is 3.44. The molecule has 7 nitrogen and oxygen atoms in total. The predicted octanol–water partition coefficient (Wildman–Crippen LogP) is 2.15. The highest BCUT2D eigenvalue weighted by molar-refractivity contribution is 5.79. The van der Waals surface area contributed by atoms with E-state index in [-0.39, 0.29) is 31.6 Å². The van der Waals surface area contributed by atoms with E-state index in [0.29, 0.717) is 35.4 Å². The standard InChI is InChI=1S/C19H22N2O5/c1-12-15(8-18(23)21-6-2-3-13(9-21)10-22)20-19(26-12)14-4-5-16-17(7-14)25-11-24-16/h4-5,7,13,22H,2-3,6,8-11H2,1H3. The topological polar surface area (TPSA) is 85.0 Å². The molecule has 1 aromatic heterocycles. The molecule has 0 spiro atoms. The van der Waals surface area contributed by atoms with Crippen LogP contribution in [0.25, 0.3) is 11.5 Å². The monoisotopic (exact) mass is 358 g/mol. The minimum atomic E-state index is 0.0248. The van der Waals surface area contributed by atoms with Crippen LogP contribution in [0.1, 0.15) is 24.3 Å². The fraction of sp³-hybridized carbons (Fsp3) is 0.474. The third-order valence-electron chi connectivity index (χ3n) is 4.96. The van der Waals surface area contributed by atoms with E-state index in [1.165, 1.54) is 0 Å². The number of aliphatic hydroxyl groups is 1. The normalized spacial score (nSPS) is 19.0. The third-order valence-corrected chi connectivity index (χ3v) is 4.96. The van der Waals surface area contributed by atoms with Crippen molar-refractivity contribution in [3.05, 3.63) is 29.7 Å². The Labute approximate surface area is 151 Å². The molecule has 138 valence electrons. The second kappa shape index (κ2) is 6.99. The van der Waals surface area contributed by atoms with Crippen LogP contribution in [0, 0.1) is 12.8 Å². The van der Waals surface area contributed by atoms with Crippen LogP contribution >= 0.6 is 0 Å². The van der Waals surface area contributed by atoms with Crippen molar-refractivity contribution in [2.75, 3.05) is 26.5 Å². The third kappa shape index (κ3) is 3.26. The van der Waals surface area contributed by atoms with E-state index in [2.05, 4.69) is 4.98 Å². The van der Waals surface area contributed by atoms with Crippen molar-refractivity contribution in [1.29, 1.82) is 0 Å². The number of amides is 1. The molecule has 1 amide bonds. The lowest BCUT2D eigenvalue weighted by molar-refractivity contribution is -0.132. The number of ether oxygens (including phenoxy) is 2. The quantitative estimate of drug-likeness (QED) is 0.901. The number of hydrogen-bond donors (Lipinski definition) is 1. The van der Waals surface area contributed by atoms with Gasteiger partial charge in [0.15, 0.2) is 11.5 Å². The van der Waals surface area contributed by atoms with Crippen LogP contribution in [0.3, 0.4) is 0 Å². The average molecular weight is 358 g/mol. The number of nitrogens with zero attached hydrogens (tertiary/aromatic N) is 2. The zero-order chi connectivity index (χ0) is 18.1. The molecule has 0 aliphatic carbocycles. The number of aliphatic hydroxyl groups excluding tert-OH is 1. The number of aromatic nitrogens is 1. The van der Waals surface area contributed by atoms with Crippen molar-refractivity contribution >= 4 is 5.91 Å². The van der Waals surface area contributed by atoms with Gasteiger partial charge in [-0.1, -0.05) is 0 Å². The van der Waals surface area contributed by atoms with Crippen molar-refractivity contribution in [3.63, 3.8) is 0 Å². The lowest BCUT2D eigenvalue weighted by Gasteiger charge is -2.31. The summed E-state index contributed by atoms with van der Waals surface area (Å²) in [7, 11) is 0. The van der Waals surface area contributed by atoms with Gasteiger partial charge in [-0.2, -0.15) is 0 Å².